The predicted molar refractivity (Wildman–Crippen MR) is 87.8 cm³/mol. The minimum atomic E-state index is -2.98. The molecule has 0 radical (unpaired) electrons. The standard InChI is InChI=1S/C16H22N2O4S/c1-16(2,3)12-10-11-4-7-22-15(19)13(11)14(17-12)18-5-8-23(20,21)9-6-18/h10H,4-9H2,1-3H3. The van der Waals surface area contributed by atoms with Crippen LogP contribution in [0.4, 0.5) is 5.82 Å². The number of ether oxygens (including phenoxy) is 1. The van der Waals surface area contributed by atoms with Gasteiger partial charge in [0.25, 0.3) is 0 Å². The predicted octanol–water partition coefficient (Wildman–Crippen LogP) is 1.33. The third kappa shape index (κ3) is 3.20. The van der Waals surface area contributed by atoms with Crippen molar-refractivity contribution in [1.29, 1.82) is 0 Å². The number of esters is 1. The van der Waals surface area contributed by atoms with E-state index in [4.69, 9.17) is 9.72 Å². The average molecular weight is 338 g/mol. The molecule has 1 fully saturated rings. The van der Waals surface area contributed by atoms with E-state index in [1.54, 1.807) is 0 Å². The number of cyclic esters (lactones) is 1. The van der Waals surface area contributed by atoms with Gasteiger partial charge in [-0.05, 0) is 11.6 Å². The van der Waals surface area contributed by atoms with Crippen molar-refractivity contribution < 1.29 is 17.9 Å². The summed E-state index contributed by atoms with van der Waals surface area (Å²) in [4.78, 5) is 18.8. The summed E-state index contributed by atoms with van der Waals surface area (Å²) in [7, 11) is -2.98. The Morgan fingerprint density at radius 3 is 2.48 bits per heavy atom. The van der Waals surface area contributed by atoms with Crippen LogP contribution in [-0.2, 0) is 26.4 Å². The number of fused-ring (bicyclic) bond motifs is 1. The van der Waals surface area contributed by atoms with Crippen molar-refractivity contribution in [1.82, 2.24) is 4.98 Å². The van der Waals surface area contributed by atoms with Crippen LogP contribution in [0.3, 0.4) is 0 Å². The van der Waals surface area contributed by atoms with Crippen LogP contribution in [0.15, 0.2) is 6.07 Å². The molecule has 2 aliphatic heterocycles. The van der Waals surface area contributed by atoms with E-state index in [0.717, 1.165) is 11.3 Å². The number of anilines is 1. The molecule has 0 saturated carbocycles. The van der Waals surface area contributed by atoms with Crippen molar-refractivity contribution in [2.45, 2.75) is 32.6 Å². The van der Waals surface area contributed by atoms with Crippen molar-refractivity contribution in [3.05, 3.63) is 22.9 Å². The third-order valence-electron chi connectivity index (χ3n) is 4.30. The zero-order valence-electron chi connectivity index (χ0n) is 13.8. The molecule has 126 valence electrons. The lowest BCUT2D eigenvalue weighted by molar-refractivity contribution is 0.0480. The summed E-state index contributed by atoms with van der Waals surface area (Å²) in [6.45, 7) is 7.34. The van der Waals surface area contributed by atoms with E-state index in [9.17, 15) is 13.2 Å². The lowest BCUT2D eigenvalue weighted by Crippen LogP contribution is -2.42. The van der Waals surface area contributed by atoms with E-state index in [-0.39, 0.29) is 22.9 Å². The molecule has 0 atom stereocenters. The molecule has 1 saturated heterocycles. The summed E-state index contributed by atoms with van der Waals surface area (Å²) in [6.07, 6.45) is 0.672. The molecule has 6 nitrogen and oxygen atoms in total. The van der Waals surface area contributed by atoms with Crippen LogP contribution < -0.4 is 4.90 Å². The van der Waals surface area contributed by atoms with Gasteiger partial charge in [-0.3, -0.25) is 0 Å². The molecule has 0 aliphatic carbocycles. The molecule has 1 aromatic rings. The molecular formula is C16H22N2O4S. The molecule has 0 amide bonds. The van der Waals surface area contributed by atoms with Gasteiger partial charge in [-0.15, -0.1) is 0 Å². The maximum atomic E-state index is 12.2. The van der Waals surface area contributed by atoms with Crippen molar-refractivity contribution in [2.75, 3.05) is 36.1 Å². The van der Waals surface area contributed by atoms with E-state index in [1.165, 1.54) is 0 Å². The molecule has 23 heavy (non-hydrogen) atoms. The average Bonchev–Trinajstić information content (AvgIpc) is 2.45. The molecule has 0 unspecified atom stereocenters. The Labute approximate surface area is 136 Å². The molecule has 7 heteroatoms. The van der Waals surface area contributed by atoms with E-state index >= 15 is 0 Å². The quantitative estimate of drug-likeness (QED) is 0.719. The van der Waals surface area contributed by atoms with Crippen molar-refractivity contribution >= 4 is 21.6 Å². The number of hydrogen-bond acceptors (Lipinski definition) is 6. The maximum Gasteiger partial charge on any atom is 0.342 e. The van der Waals surface area contributed by atoms with Gasteiger partial charge >= 0.3 is 5.97 Å². The SMILES string of the molecule is CC(C)(C)c1cc2c(c(N3CCS(=O)(=O)CC3)n1)C(=O)OCC2. The molecule has 3 rings (SSSR count). The summed E-state index contributed by atoms with van der Waals surface area (Å²) in [5, 5.41) is 0. The van der Waals surface area contributed by atoms with Crippen LogP contribution in [0, 0.1) is 0 Å². The zero-order valence-corrected chi connectivity index (χ0v) is 14.6. The number of aromatic nitrogens is 1. The van der Waals surface area contributed by atoms with Gasteiger partial charge < -0.3 is 9.64 Å². The highest BCUT2D eigenvalue weighted by molar-refractivity contribution is 7.91. The lowest BCUT2D eigenvalue weighted by atomic mass is 9.89. The van der Waals surface area contributed by atoms with Gasteiger partial charge in [-0.1, -0.05) is 20.8 Å². The monoisotopic (exact) mass is 338 g/mol. The normalized spacial score (nSPS) is 20.8. The highest BCUT2D eigenvalue weighted by atomic mass is 32.2. The fourth-order valence-electron chi connectivity index (χ4n) is 2.87. The van der Waals surface area contributed by atoms with Crippen LogP contribution in [0.25, 0.3) is 0 Å². The second-order valence-electron chi connectivity index (χ2n) is 7.14. The Bertz CT molecular complexity index is 736. The van der Waals surface area contributed by atoms with Gasteiger partial charge in [0.2, 0.25) is 0 Å². The highest BCUT2D eigenvalue weighted by Crippen LogP contribution is 2.32. The van der Waals surface area contributed by atoms with Crippen LogP contribution in [-0.4, -0.2) is 50.6 Å². The molecular weight excluding hydrogens is 316 g/mol. The Morgan fingerprint density at radius 2 is 1.87 bits per heavy atom. The first kappa shape index (κ1) is 16.2. The van der Waals surface area contributed by atoms with Gasteiger partial charge in [0, 0.05) is 30.6 Å². The number of carbonyl (C=O) groups excluding carboxylic acids is 1. The van der Waals surface area contributed by atoms with Crippen molar-refractivity contribution in [3.8, 4) is 0 Å². The van der Waals surface area contributed by atoms with Crippen LogP contribution in [0.2, 0.25) is 0 Å². The van der Waals surface area contributed by atoms with Crippen molar-refractivity contribution in [2.24, 2.45) is 0 Å². The van der Waals surface area contributed by atoms with E-state index < -0.39 is 9.84 Å². The summed E-state index contributed by atoms with van der Waals surface area (Å²) >= 11 is 0. The lowest BCUT2D eigenvalue weighted by Gasteiger charge is -2.32. The summed E-state index contributed by atoms with van der Waals surface area (Å²) in [5.74, 6) is 0.408. The minimum absolute atomic E-state index is 0.0955. The second kappa shape index (κ2) is 5.47. The van der Waals surface area contributed by atoms with E-state index in [1.807, 2.05) is 11.0 Å². The van der Waals surface area contributed by atoms with Gasteiger partial charge in [0.1, 0.15) is 11.4 Å². The molecule has 0 N–H and O–H groups in total. The number of hydrogen-bond donors (Lipinski definition) is 0. The molecule has 0 spiro atoms. The van der Waals surface area contributed by atoms with Gasteiger partial charge in [0.15, 0.2) is 9.84 Å². The number of carbonyl (C=O) groups is 1. The molecule has 0 aromatic carbocycles. The Morgan fingerprint density at radius 1 is 1.22 bits per heavy atom. The van der Waals surface area contributed by atoms with Crippen LogP contribution in [0.5, 0.6) is 0 Å². The largest absolute Gasteiger partial charge is 0.462 e. The first-order valence-electron chi connectivity index (χ1n) is 7.84. The van der Waals surface area contributed by atoms with Gasteiger partial charge in [-0.2, -0.15) is 0 Å². The number of pyridine rings is 1. The van der Waals surface area contributed by atoms with Crippen LogP contribution in [0.1, 0.15) is 42.4 Å². The van der Waals surface area contributed by atoms with Gasteiger partial charge in [-0.25, -0.2) is 18.2 Å². The second-order valence-corrected chi connectivity index (χ2v) is 9.44. The smallest absolute Gasteiger partial charge is 0.342 e. The van der Waals surface area contributed by atoms with E-state index in [0.29, 0.717) is 37.5 Å². The fourth-order valence-corrected chi connectivity index (χ4v) is 4.07. The Hall–Kier alpha value is -1.63. The van der Waals surface area contributed by atoms with Gasteiger partial charge in [0.05, 0.1) is 18.1 Å². The maximum absolute atomic E-state index is 12.2. The number of sulfone groups is 1. The van der Waals surface area contributed by atoms with E-state index in [2.05, 4.69) is 20.8 Å². The first-order valence-corrected chi connectivity index (χ1v) is 9.66. The molecule has 0 bridgehead atoms. The number of rotatable bonds is 1. The van der Waals surface area contributed by atoms with Crippen molar-refractivity contribution in [3.63, 3.8) is 0 Å². The Balaban J connectivity index is 2.09. The first-order chi connectivity index (χ1) is 10.7. The Kier molecular flexibility index (Phi) is 3.86. The highest BCUT2D eigenvalue weighted by Gasteiger charge is 2.32. The summed E-state index contributed by atoms with van der Waals surface area (Å²) in [6, 6.07) is 1.99. The topological polar surface area (TPSA) is 76.6 Å². The molecule has 2 aliphatic rings. The number of nitrogens with zero attached hydrogens (tertiary/aromatic N) is 2. The molecule has 3 heterocycles. The zero-order chi connectivity index (χ0) is 16.8. The summed E-state index contributed by atoms with van der Waals surface area (Å²) < 4.78 is 28.5. The fraction of sp³-hybridized carbons (Fsp3) is 0.625. The summed E-state index contributed by atoms with van der Waals surface area (Å²) in [5.41, 5.74) is 2.22. The molecule has 1 aromatic heterocycles. The third-order valence-corrected chi connectivity index (χ3v) is 5.91. The minimum Gasteiger partial charge on any atom is -0.462 e. The van der Waals surface area contributed by atoms with Crippen LogP contribution >= 0.6 is 0 Å².